The fraction of sp³-hybridized carbons (Fsp3) is 0.400. The van der Waals surface area contributed by atoms with Crippen molar-refractivity contribution in [1.29, 1.82) is 0 Å². The third-order valence-electron chi connectivity index (χ3n) is 5.03. The molecule has 1 aliphatic rings. The summed E-state index contributed by atoms with van der Waals surface area (Å²) >= 11 is 3.51. The van der Waals surface area contributed by atoms with Crippen molar-refractivity contribution in [2.75, 3.05) is 0 Å². The molecule has 0 saturated carbocycles. The van der Waals surface area contributed by atoms with E-state index in [1.165, 1.54) is 35.1 Å². The third kappa shape index (κ3) is 2.68. The molecule has 0 saturated heterocycles. The SMILES string of the molecule is CC1(C)CCC(C)(C)c2cc(-c3ccc(Br)cc3)ccc21. The number of hydrogen-bond acceptors (Lipinski definition) is 0. The van der Waals surface area contributed by atoms with Gasteiger partial charge in [0.25, 0.3) is 0 Å². The molecule has 0 nitrogen and oxygen atoms in total. The largest absolute Gasteiger partial charge is 0.0576 e. The number of fused-ring (bicyclic) bond motifs is 1. The molecular weight excluding hydrogens is 320 g/mol. The van der Waals surface area contributed by atoms with Gasteiger partial charge in [-0.1, -0.05) is 74.0 Å². The first-order chi connectivity index (χ1) is 9.79. The lowest BCUT2D eigenvalue weighted by molar-refractivity contribution is 0.332. The molecule has 1 heteroatoms. The fourth-order valence-electron chi connectivity index (χ4n) is 3.41. The highest BCUT2D eigenvalue weighted by Crippen LogP contribution is 2.46. The Bertz CT molecular complexity index is 663. The molecule has 1 aliphatic carbocycles. The summed E-state index contributed by atoms with van der Waals surface area (Å²) in [5, 5.41) is 0. The lowest BCUT2D eigenvalue weighted by Crippen LogP contribution is -2.33. The van der Waals surface area contributed by atoms with Gasteiger partial charge in [-0.15, -0.1) is 0 Å². The highest BCUT2D eigenvalue weighted by atomic mass is 79.9. The highest BCUT2D eigenvalue weighted by Gasteiger charge is 2.36. The van der Waals surface area contributed by atoms with Crippen molar-refractivity contribution < 1.29 is 0 Å². The maximum Gasteiger partial charge on any atom is 0.0175 e. The minimum absolute atomic E-state index is 0.274. The minimum Gasteiger partial charge on any atom is -0.0576 e. The van der Waals surface area contributed by atoms with Crippen LogP contribution in [0.3, 0.4) is 0 Å². The Hall–Kier alpha value is -1.08. The van der Waals surface area contributed by atoms with E-state index < -0.39 is 0 Å². The topological polar surface area (TPSA) is 0 Å². The van der Waals surface area contributed by atoms with Crippen LogP contribution in [-0.4, -0.2) is 0 Å². The molecule has 0 spiro atoms. The van der Waals surface area contributed by atoms with E-state index in [1.807, 2.05) is 0 Å². The Morgan fingerprint density at radius 1 is 0.714 bits per heavy atom. The van der Waals surface area contributed by atoms with Gasteiger partial charge in [0.15, 0.2) is 0 Å². The molecule has 0 bridgehead atoms. The van der Waals surface area contributed by atoms with E-state index in [4.69, 9.17) is 0 Å². The summed E-state index contributed by atoms with van der Waals surface area (Å²) in [7, 11) is 0. The molecule has 21 heavy (non-hydrogen) atoms. The Labute approximate surface area is 136 Å². The molecule has 0 radical (unpaired) electrons. The van der Waals surface area contributed by atoms with Gasteiger partial charge >= 0.3 is 0 Å². The van der Waals surface area contributed by atoms with Crippen molar-refractivity contribution in [3.63, 3.8) is 0 Å². The van der Waals surface area contributed by atoms with Crippen LogP contribution < -0.4 is 0 Å². The second-order valence-electron chi connectivity index (χ2n) is 7.54. The predicted molar refractivity (Wildman–Crippen MR) is 94.9 cm³/mol. The molecule has 0 N–H and O–H groups in total. The van der Waals surface area contributed by atoms with Gasteiger partial charge in [0, 0.05) is 4.47 Å². The first-order valence-electron chi connectivity index (χ1n) is 7.71. The van der Waals surface area contributed by atoms with Crippen LogP contribution in [0, 0.1) is 0 Å². The van der Waals surface area contributed by atoms with Gasteiger partial charge in [-0.3, -0.25) is 0 Å². The average molecular weight is 343 g/mol. The zero-order chi connectivity index (χ0) is 15.3. The monoisotopic (exact) mass is 342 g/mol. The van der Waals surface area contributed by atoms with Crippen molar-refractivity contribution >= 4 is 15.9 Å². The van der Waals surface area contributed by atoms with Gasteiger partial charge in [0.05, 0.1) is 0 Å². The molecular formula is C20H23Br. The Morgan fingerprint density at radius 2 is 1.24 bits per heavy atom. The summed E-state index contributed by atoms with van der Waals surface area (Å²) < 4.78 is 1.13. The average Bonchev–Trinajstić information content (AvgIpc) is 2.45. The van der Waals surface area contributed by atoms with Crippen LogP contribution >= 0.6 is 15.9 Å². The minimum atomic E-state index is 0.274. The van der Waals surface area contributed by atoms with Crippen molar-refractivity contribution in [1.82, 2.24) is 0 Å². The smallest absolute Gasteiger partial charge is 0.0175 e. The normalized spacial score (nSPS) is 19.1. The van der Waals surface area contributed by atoms with Gasteiger partial charge in [-0.25, -0.2) is 0 Å². The Kier molecular flexibility index (Phi) is 3.52. The lowest BCUT2D eigenvalue weighted by atomic mass is 9.63. The quantitative estimate of drug-likeness (QED) is 0.557. The maximum absolute atomic E-state index is 3.51. The van der Waals surface area contributed by atoms with Crippen LogP contribution in [0.5, 0.6) is 0 Å². The molecule has 2 aromatic rings. The van der Waals surface area contributed by atoms with Crippen LogP contribution in [0.2, 0.25) is 0 Å². The second-order valence-corrected chi connectivity index (χ2v) is 8.45. The highest BCUT2D eigenvalue weighted by molar-refractivity contribution is 9.10. The standard InChI is InChI=1S/C20H23Br/c1-19(2)11-12-20(3,4)18-13-15(7-10-17(18)19)14-5-8-16(21)9-6-14/h5-10,13H,11-12H2,1-4H3. The molecule has 0 unspecified atom stereocenters. The Balaban J connectivity index is 2.14. The van der Waals surface area contributed by atoms with Gasteiger partial charge in [0.2, 0.25) is 0 Å². The zero-order valence-corrected chi connectivity index (χ0v) is 14.9. The summed E-state index contributed by atoms with van der Waals surface area (Å²) in [6, 6.07) is 15.7. The first-order valence-corrected chi connectivity index (χ1v) is 8.50. The molecule has 0 amide bonds. The van der Waals surface area contributed by atoms with Gasteiger partial charge in [0.1, 0.15) is 0 Å². The third-order valence-corrected chi connectivity index (χ3v) is 5.56. The van der Waals surface area contributed by atoms with E-state index in [2.05, 4.69) is 86.1 Å². The van der Waals surface area contributed by atoms with Crippen molar-refractivity contribution in [2.24, 2.45) is 0 Å². The van der Waals surface area contributed by atoms with E-state index in [1.54, 1.807) is 0 Å². The summed E-state index contributed by atoms with van der Waals surface area (Å²) in [6.45, 7) is 9.51. The van der Waals surface area contributed by atoms with E-state index >= 15 is 0 Å². The Morgan fingerprint density at radius 3 is 1.86 bits per heavy atom. The fourth-order valence-corrected chi connectivity index (χ4v) is 3.67. The van der Waals surface area contributed by atoms with Crippen LogP contribution in [0.4, 0.5) is 0 Å². The van der Waals surface area contributed by atoms with Gasteiger partial charge in [-0.05, 0) is 58.1 Å². The number of benzene rings is 2. The lowest BCUT2D eigenvalue weighted by Gasteiger charge is -2.42. The van der Waals surface area contributed by atoms with Crippen LogP contribution in [0.25, 0.3) is 11.1 Å². The van der Waals surface area contributed by atoms with Crippen LogP contribution in [0.15, 0.2) is 46.9 Å². The van der Waals surface area contributed by atoms with E-state index in [9.17, 15) is 0 Å². The maximum atomic E-state index is 3.51. The summed E-state index contributed by atoms with van der Waals surface area (Å²) in [4.78, 5) is 0. The second kappa shape index (κ2) is 4.98. The molecule has 110 valence electrons. The number of rotatable bonds is 1. The van der Waals surface area contributed by atoms with E-state index in [0.717, 1.165) is 4.47 Å². The molecule has 0 heterocycles. The van der Waals surface area contributed by atoms with Gasteiger partial charge < -0.3 is 0 Å². The molecule has 3 rings (SSSR count). The van der Waals surface area contributed by atoms with E-state index in [0.29, 0.717) is 5.41 Å². The molecule has 0 aliphatic heterocycles. The van der Waals surface area contributed by atoms with Crippen molar-refractivity contribution in [3.8, 4) is 11.1 Å². The first kappa shape index (κ1) is 14.8. The number of halogens is 1. The van der Waals surface area contributed by atoms with Crippen LogP contribution in [-0.2, 0) is 10.8 Å². The van der Waals surface area contributed by atoms with Crippen molar-refractivity contribution in [3.05, 3.63) is 58.1 Å². The number of hydrogen-bond donors (Lipinski definition) is 0. The summed E-state index contributed by atoms with van der Waals surface area (Å²) in [6.07, 6.45) is 2.53. The van der Waals surface area contributed by atoms with E-state index in [-0.39, 0.29) is 5.41 Å². The summed E-state index contributed by atoms with van der Waals surface area (Å²) in [5.74, 6) is 0. The molecule has 0 atom stereocenters. The zero-order valence-electron chi connectivity index (χ0n) is 13.3. The summed E-state index contributed by atoms with van der Waals surface area (Å²) in [5.41, 5.74) is 6.24. The molecule has 0 fully saturated rings. The molecule has 2 aromatic carbocycles. The van der Waals surface area contributed by atoms with Crippen molar-refractivity contribution in [2.45, 2.75) is 51.4 Å². The van der Waals surface area contributed by atoms with Gasteiger partial charge in [-0.2, -0.15) is 0 Å². The molecule has 0 aromatic heterocycles. The predicted octanol–water partition coefficient (Wildman–Crippen LogP) is 6.47. The van der Waals surface area contributed by atoms with Crippen LogP contribution in [0.1, 0.15) is 51.7 Å².